The van der Waals surface area contributed by atoms with Crippen molar-refractivity contribution in [1.82, 2.24) is 30.3 Å². The lowest BCUT2D eigenvalue weighted by atomic mass is 10.1. The lowest BCUT2D eigenvalue weighted by Crippen LogP contribution is -2.34. The zero-order chi connectivity index (χ0) is 21.1. The summed E-state index contributed by atoms with van der Waals surface area (Å²) in [5.74, 6) is -0.209. The third kappa shape index (κ3) is 4.30. The molecule has 1 saturated heterocycles. The van der Waals surface area contributed by atoms with Crippen LogP contribution in [0, 0.1) is 5.92 Å². The number of anilines is 1. The van der Waals surface area contributed by atoms with Gasteiger partial charge < -0.3 is 5.32 Å². The standard InChI is InChI=1S/C19H21N7O3S/c1-25-14(21-23-18(25)29)7-8-20-17(28)13-10-16(27)26(11-13)19-24-22-15(30-19)9-12-5-3-2-4-6-12/h2-6,13H,7-11H2,1H3,(H,20,28)(H,23,29). The van der Waals surface area contributed by atoms with Crippen LogP contribution in [0.2, 0.25) is 0 Å². The Kier molecular flexibility index (Phi) is 5.70. The normalized spacial score (nSPS) is 16.2. The van der Waals surface area contributed by atoms with Crippen LogP contribution in [-0.4, -0.2) is 49.9 Å². The number of hydrogen-bond donors (Lipinski definition) is 2. The Morgan fingerprint density at radius 1 is 1.27 bits per heavy atom. The van der Waals surface area contributed by atoms with Crippen molar-refractivity contribution in [3.8, 4) is 0 Å². The molecule has 1 fully saturated rings. The molecule has 30 heavy (non-hydrogen) atoms. The maximum absolute atomic E-state index is 12.5. The Labute approximate surface area is 175 Å². The van der Waals surface area contributed by atoms with Gasteiger partial charge >= 0.3 is 5.69 Å². The summed E-state index contributed by atoms with van der Waals surface area (Å²) < 4.78 is 1.40. The predicted molar refractivity (Wildman–Crippen MR) is 110 cm³/mol. The average Bonchev–Trinajstić information content (AvgIpc) is 3.44. The second-order valence-corrected chi connectivity index (χ2v) is 8.13. The highest BCUT2D eigenvalue weighted by Crippen LogP contribution is 2.28. The SMILES string of the molecule is Cn1c(CCNC(=O)C2CC(=O)N(c3nnc(Cc4ccccc4)s3)C2)n[nH]c1=O. The van der Waals surface area contributed by atoms with Gasteiger partial charge in [0.1, 0.15) is 10.8 Å². The van der Waals surface area contributed by atoms with E-state index >= 15 is 0 Å². The molecule has 1 atom stereocenters. The quantitative estimate of drug-likeness (QED) is 0.557. The molecular formula is C19H21N7O3S. The highest BCUT2D eigenvalue weighted by Gasteiger charge is 2.36. The van der Waals surface area contributed by atoms with Crippen molar-refractivity contribution in [2.75, 3.05) is 18.0 Å². The van der Waals surface area contributed by atoms with Gasteiger partial charge in [-0.05, 0) is 5.56 Å². The number of hydrogen-bond acceptors (Lipinski definition) is 7. The molecule has 0 aliphatic carbocycles. The van der Waals surface area contributed by atoms with Crippen molar-refractivity contribution in [1.29, 1.82) is 0 Å². The first kappa shape index (κ1) is 20.0. The summed E-state index contributed by atoms with van der Waals surface area (Å²) in [6, 6.07) is 9.93. The molecule has 1 aliphatic heterocycles. The van der Waals surface area contributed by atoms with Crippen molar-refractivity contribution in [2.45, 2.75) is 19.3 Å². The third-order valence-corrected chi connectivity index (χ3v) is 5.95. The van der Waals surface area contributed by atoms with Gasteiger partial charge in [-0.25, -0.2) is 9.89 Å². The van der Waals surface area contributed by atoms with Gasteiger partial charge in [0.15, 0.2) is 0 Å². The third-order valence-electron chi connectivity index (χ3n) is 5.00. The van der Waals surface area contributed by atoms with Crippen molar-refractivity contribution in [2.24, 2.45) is 13.0 Å². The number of rotatable bonds is 7. The Morgan fingerprint density at radius 3 is 2.80 bits per heavy atom. The molecule has 2 amide bonds. The van der Waals surface area contributed by atoms with Crippen LogP contribution in [0.25, 0.3) is 0 Å². The first-order chi connectivity index (χ1) is 14.5. The van der Waals surface area contributed by atoms with E-state index < -0.39 is 5.92 Å². The highest BCUT2D eigenvalue weighted by atomic mass is 32.1. The monoisotopic (exact) mass is 427 g/mol. The second-order valence-electron chi connectivity index (χ2n) is 7.09. The van der Waals surface area contributed by atoms with E-state index in [1.807, 2.05) is 30.3 Å². The highest BCUT2D eigenvalue weighted by molar-refractivity contribution is 7.15. The maximum atomic E-state index is 12.5. The van der Waals surface area contributed by atoms with Gasteiger partial charge in [0.2, 0.25) is 16.9 Å². The first-order valence-corrected chi connectivity index (χ1v) is 10.4. The van der Waals surface area contributed by atoms with Gasteiger partial charge in [-0.3, -0.25) is 19.1 Å². The molecule has 0 spiro atoms. The molecule has 3 heterocycles. The summed E-state index contributed by atoms with van der Waals surface area (Å²) in [5.41, 5.74) is 0.830. The fourth-order valence-corrected chi connectivity index (χ4v) is 4.21. The number of nitrogens with one attached hydrogen (secondary N) is 2. The van der Waals surface area contributed by atoms with Gasteiger partial charge in [0.05, 0.1) is 5.92 Å². The Bertz CT molecular complexity index is 1100. The molecular weight excluding hydrogens is 406 g/mol. The average molecular weight is 427 g/mol. The molecule has 0 radical (unpaired) electrons. The first-order valence-electron chi connectivity index (χ1n) is 9.56. The fraction of sp³-hybridized carbons (Fsp3) is 0.368. The minimum absolute atomic E-state index is 0.132. The van der Waals surface area contributed by atoms with Crippen LogP contribution in [-0.2, 0) is 29.5 Å². The Balaban J connectivity index is 1.32. The number of H-pyrrole nitrogens is 1. The van der Waals surface area contributed by atoms with E-state index in [9.17, 15) is 14.4 Å². The lowest BCUT2D eigenvalue weighted by Gasteiger charge is -2.12. The zero-order valence-electron chi connectivity index (χ0n) is 16.4. The topological polar surface area (TPSA) is 126 Å². The van der Waals surface area contributed by atoms with E-state index in [4.69, 9.17) is 0 Å². The Morgan fingerprint density at radius 2 is 2.07 bits per heavy atom. The molecule has 3 aromatic rings. The zero-order valence-corrected chi connectivity index (χ0v) is 17.2. The second kappa shape index (κ2) is 8.57. The molecule has 1 aliphatic rings. The Hall–Kier alpha value is -3.34. The number of aromatic amines is 1. The van der Waals surface area contributed by atoms with Gasteiger partial charge in [-0.2, -0.15) is 5.10 Å². The van der Waals surface area contributed by atoms with Crippen LogP contribution in [0.4, 0.5) is 5.13 Å². The molecule has 0 saturated carbocycles. The summed E-state index contributed by atoms with van der Waals surface area (Å²) >= 11 is 1.37. The molecule has 4 rings (SSSR count). The molecule has 10 nitrogen and oxygen atoms in total. The van der Waals surface area contributed by atoms with Crippen LogP contribution in [0.5, 0.6) is 0 Å². The van der Waals surface area contributed by atoms with Crippen LogP contribution in [0.15, 0.2) is 35.1 Å². The van der Waals surface area contributed by atoms with Crippen molar-refractivity contribution < 1.29 is 9.59 Å². The molecule has 2 aromatic heterocycles. The largest absolute Gasteiger partial charge is 0.355 e. The molecule has 1 unspecified atom stereocenters. The minimum atomic E-state index is -0.443. The summed E-state index contributed by atoms with van der Waals surface area (Å²) in [6.07, 6.45) is 1.21. The number of aromatic nitrogens is 5. The molecule has 0 bridgehead atoms. The minimum Gasteiger partial charge on any atom is -0.355 e. The van der Waals surface area contributed by atoms with Crippen molar-refractivity contribution >= 4 is 28.3 Å². The molecule has 11 heteroatoms. The van der Waals surface area contributed by atoms with Crippen LogP contribution in [0.1, 0.15) is 22.8 Å². The van der Waals surface area contributed by atoms with Crippen LogP contribution in [0.3, 0.4) is 0 Å². The number of carbonyl (C=O) groups is 2. The molecule has 156 valence electrons. The van der Waals surface area contributed by atoms with Crippen LogP contribution < -0.4 is 15.9 Å². The summed E-state index contributed by atoms with van der Waals surface area (Å²) in [5, 5.41) is 18.8. The number of carbonyl (C=O) groups excluding carboxylic acids is 2. The van der Waals surface area contributed by atoms with Gasteiger partial charge in [-0.15, -0.1) is 10.2 Å². The summed E-state index contributed by atoms with van der Waals surface area (Å²) in [4.78, 5) is 37.8. The van der Waals surface area contributed by atoms with E-state index in [1.165, 1.54) is 20.8 Å². The lowest BCUT2D eigenvalue weighted by molar-refractivity contribution is -0.126. The van der Waals surface area contributed by atoms with Crippen molar-refractivity contribution in [3.05, 3.63) is 57.2 Å². The fourth-order valence-electron chi connectivity index (χ4n) is 3.31. The summed E-state index contributed by atoms with van der Waals surface area (Å²) in [7, 11) is 1.62. The van der Waals surface area contributed by atoms with Crippen molar-refractivity contribution in [3.63, 3.8) is 0 Å². The number of nitrogens with zero attached hydrogens (tertiary/aromatic N) is 5. The van der Waals surface area contributed by atoms with E-state index in [0.29, 0.717) is 30.3 Å². The maximum Gasteiger partial charge on any atom is 0.343 e. The van der Waals surface area contributed by atoms with Gasteiger partial charge in [0.25, 0.3) is 0 Å². The molecule has 2 N–H and O–H groups in total. The smallest absolute Gasteiger partial charge is 0.343 e. The van der Waals surface area contributed by atoms with E-state index in [1.54, 1.807) is 7.05 Å². The number of amides is 2. The van der Waals surface area contributed by atoms with Gasteiger partial charge in [0, 0.05) is 39.4 Å². The molecule has 1 aromatic carbocycles. The van der Waals surface area contributed by atoms with Gasteiger partial charge in [-0.1, -0.05) is 41.7 Å². The van der Waals surface area contributed by atoms with Crippen LogP contribution >= 0.6 is 11.3 Å². The number of benzene rings is 1. The predicted octanol–water partition coefficient (Wildman–Crippen LogP) is 0.263. The van der Waals surface area contributed by atoms with E-state index in [2.05, 4.69) is 25.7 Å². The van der Waals surface area contributed by atoms with E-state index in [-0.39, 0.29) is 30.5 Å². The summed E-state index contributed by atoms with van der Waals surface area (Å²) in [6.45, 7) is 0.618. The van der Waals surface area contributed by atoms with E-state index in [0.717, 1.165) is 10.6 Å².